The Morgan fingerprint density at radius 3 is 2.39 bits per heavy atom. The van der Waals surface area contributed by atoms with E-state index in [9.17, 15) is 0 Å². The van der Waals surface area contributed by atoms with E-state index < -0.39 is 0 Å². The van der Waals surface area contributed by atoms with Crippen LogP contribution in [-0.2, 0) is 12.8 Å². The Kier molecular flexibility index (Phi) is 4.37. The van der Waals surface area contributed by atoms with Gasteiger partial charge in [0.15, 0.2) is 0 Å². The summed E-state index contributed by atoms with van der Waals surface area (Å²) in [6.45, 7) is 2.81. The molecule has 18 heavy (non-hydrogen) atoms. The number of benzene rings is 2. The quantitative estimate of drug-likeness (QED) is 0.869. The van der Waals surface area contributed by atoms with Crippen molar-refractivity contribution in [3.8, 4) is 11.5 Å². The van der Waals surface area contributed by atoms with E-state index in [1.165, 1.54) is 11.1 Å². The Balaban J connectivity index is 2.13. The topological polar surface area (TPSA) is 35.2 Å². The van der Waals surface area contributed by atoms with Crippen molar-refractivity contribution in [2.45, 2.75) is 19.8 Å². The highest BCUT2D eigenvalue weighted by atomic mass is 16.5. The Morgan fingerprint density at radius 1 is 1.00 bits per heavy atom. The van der Waals surface area contributed by atoms with Crippen molar-refractivity contribution < 1.29 is 4.74 Å². The maximum atomic E-state index is 5.90. The largest absolute Gasteiger partial charge is 0.457 e. The molecule has 0 aliphatic carbocycles. The van der Waals surface area contributed by atoms with Crippen LogP contribution in [0.2, 0.25) is 0 Å². The molecule has 94 valence electrons. The van der Waals surface area contributed by atoms with Crippen molar-refractivity contribution in [1.82, 2.24) is 0 Å². The fourth-order valence-corrected chi connectivity index (χ4v) is 1.91. The van der Waals surface area contributed by atoms with Gasteiger partial charge in [0.05, 0.1) is 0 Å². The molecule has 2 aromatic carbocycles. The lowest BCUT2D eigenvalue weighted by atomic mass is 10.1. The standard InChI is InChI=1S/C16H19NO/c1-2-14-5-3-4-6-16(14)18-15-9-7-13(8-10-15)11-12-17/h3-10H,2,11-12,17H2,1H3. The molecule has 0 bridgehead atoms. The molecule has 0 saturated carbocycles. The summed E-state index contributed by atoms with van der Waals surface area (Å²) < 4.78 is 5.90. The average Bonchev–Trinajstić information content (AvgIpc) is 2.42. The summed E-state index contributed by atoms with van der Waals surface area (Å²) in [5, 5.41) is 0. The number of rotatable bonds is 5. The third-order valence-corrected chi connectivity index (χ3v) is 2.94. The highest BCUT2D eigenvalue weighted by Gasteiger charge is 2.02. The van der Waals surface area contributed by atoms with E-state index in [0.29, 0.717) is 6.54 Å². The second-order valence-electron chi connectivity index (χ2n) is 4.25. The highest BCUT2D eigenvalue weighted by molar-refractivity contribution is 5.38. The Morgan fingerprint density at radius 2 is 1.72 bits per heavy atom. The molecule has 2 rings (SSSR count). The van der Waals surface area contributed by atoms with Crippen molar-refractivity contribution in [3.63, 3.8) is 0 Å². The van der Waals surface area contributed by atoms with Crippen LogP contribution in [0.5, 0.6) is 11.5 Å². The maximum Gasteiger partial charge on any atom is 0.130 e. The van der Waals surface area contributed by atoms with Crippen LogP contribution < -0.4 is 10.5 Å². The van der Waals surface area contributed by atoms with Gasteiger partial charge in [-0.3, -0.25) is 0 Å². The fraction of sp³-hybridized carbons (Fsp3) is 0.250. The Hall–Kier alpha value is -1.80. The molecule has 0 aliphatic rings. The highest BCUT2D eigenvalue weighted by Crippen LogP contribution is 2.25. The van der Waals surface area contributed by atoms with Gasteiger partial charge in [0.1, 0.15) is 11.5 Å². The van der Waals surface area contributed by atoms with Gasteiger partial charge in [-0.05, 0) is 48.7 Å². The zero-order valence-electron chi connectivity index (χ0n) is 10.7. The van der Waals surface area contributed by atoms with Crippen LogP contribution in [0, 0.1) is 0 Å². The number of hydrogen-bond donors (Lipinski definition) is 1. The van der Waals surface area contributed by atoms with Gasteiger partial charge < -0.3 is 10.5 Å². The minimum absolute atomic E-state index is 0.679. The predicted octanol–water partition coefficient (Wildman–Crippen LogP) is 3.54. The normalized spacial score (nSPS) is 10.3. The summed E-state index contributed by atoms with van der Waals surface area (Å²) >= 11 is 0. The van der Waals surface area contributed by atoms with Crippen LogP contribution in [-0.4, -0.2) is 6.54 Å². The smallest absolute Gasteiger partial charge is 0.130 e. The van der Waals surface area contributed by atoms with Crippen molar-refractivity contribution >= 4 is 0 Å². The molecule has 0 radical (unpaired) electrons. The van der Waals surface area contributed by atoms with E-state index in [1.54, 1.807) is 0 Å². The van der Waals surface area contributed by atoms with Gasteiger partial charge in [-0.25, -0.2) is 0 Å². The number of aryl methyl sites for hydroxylation is 1. The zero-order valence-corrected chi connectivity index (χ0v) is 10.7. The molecule has 0 aromatic heterocycles. The van der Waals surface area contributed by atoms with E-state index in [-0.39, 0.29) is 0 Å². The van der Waals surface area contributed by atoms with Crippen molar-refractivity contribution in [2.24, 2.45) is 5.73 Å². The molecule has 2 heteroatoms. The number of ether oxygens (including phenoxy) is 1. The Labute approximate surface area is 108 Å². The molecule has 0 saturated heterocycles. The minimum Gasteiger partial charge on any atom is -0.457 e. The van der Waals surface area contributed by atoms with Gasteiger partial charge in [-0.15, -0.1) is 0 Å². The van der Waals surface area contributed by atoms with Gasteiger partial charge in [-0.2, -0.15) is 0 Å². The molecule has 2 nitrogen and oxygen atoms in total. The Bertz CT molecular complexity index is 491. The first-order valence-corrected chi connectivity index (χ1v) is 6.38. The van der Waals surface area contributed by atoms with Gasteiger partial charge in [0.25, 0.3) is 0 Å². The van der Waals surface area contributed by atoms with Gasteiger partial charge in [-0.1, -0.05) is 37.3 Å². The molecule has 0 spiro atoms. The molecule has 0 unspecified atom stereocenters. The second kappa shape index (κ2) is 6.22. The monoisotopic (exact) mass is 241 g/mol. The summed E-state index contributed by atoms with van der Waals surface area (Å²) in [5.41, 5.74) is 8.00. The lowest BCUT2D eigenvalue weighted by molar-refractivity contribution is 0.476. The summed E-state index contributed by atoms with van der Waals surface area (Å²) in [6.07, 6.45) is 1.88. The van der Waals surface area contributed by atoms with Crippen molar-refractivity contribution in [2.75, 3.05) is 6.54 Å². The van der Waals surface area contributed by atoms with Crippen molar-refractivity contribution in [1.29, 1.82) is 0 Å². The first-order valence-electron chi connectivity index (χ1n) is 6.38. The summed E-state index contributed by atoms with van der Waals surface area (Å²) in [5.74, 6) is 1.81. The van der Waals surface area contributed by atoms with E-state index in [2.05, 4.69) is 25.1 Å². The molecule has 0 atom stereocenters. The fourth-order valence-electron chi connectivity index (χ4n) is 1.91. The van der Waals surface area contributed by atoms with Gasteiger partial charge >= 0.3 is 0 Å². The van der Waals surface area contributed by atoms with Crippen LogP contribution in [0.3, 0.4) is 0 Å². The maximum absolute atomic E-state index is 5.90. The molecule has 2 N–H and O–H groups in total. The van der Waals surface area contributed by atoms with Crippen LogP contribution in [0.1, 0.15) is 18.1 Å². The lowest BCUT2D eigenvalue weighted by Gasteiger charge is -2.10. The summed E-state index contributed by atoms with van der Waals surface area (Å²) in [6, 6.07) is 16.3. The van der Waals surface area contributed by atoms with E-state index >= 15 is 0 Å². The molecular formula is C16H19NO. The molecule has 0 amide bonds. The van der Waals surface area contributed by atoms with Crippen LogP contribution in [0.15, 0.2) is 48.5 Å². The predicted molar refractivity (Wildman–Crippen MR) is 75.1 cm³/mol. The van der Waals surface area contributed by atoms with E-state index in [0.717, 1.165) is 24.3 Å². The molecule has 0 heterocycles. The molecule has 2 aromatic rings. The minimum atomic E-state index is 0.679. The van der Waals surface area contributed by atoms with E-state index in [1.807, 2.05) is 30.3 Å². The van der Waals surface area contributed by atoms with E-state index in [4.69, 9.17) is 10.5 Å². The van der Waals surface area contributed by atoms with Crippen LogP contribution in [0.25, 0.3) is 0 Å². The lowest BCUT2D eigenvalue weighted by Crippen LogP contribution is -2.02. The summed E-state index contributed by atoms with van der Waals surface area (Å²) in [7, 11) is 0. The number of hydrogen-bond acceptors (Lipinski definition) is 2. The zero-order chi connectivity index (χ0) is 12.8. The number of nitrogens with two attached hydrogens (primary N) is 1. The SMILES string of the molecule is CCc1ccccc1Oc1ccc(CCN)cc1. The third-order valence-electron chi connectivity index (χ3n) is 2.94. The summed E-state index contributed by atoms with van der Waals surface area (Å²) in [4.78, 5) is 0. The van der Waals surface area contributed by atoms with Crippen LogP contribution >= 0.6 is 0 Å². The van der Waals surface area contributed by atoms with Gasteiger partial charge in [0, 0.05) is 0 Å². The second-order valence-corrected chi connectivity index (χ2v) is 4.25. The third kappa shape index (κ3) is 3.11. The molecule has 0 fully saturated rings. The molecule has 0 aliphatic heterocycles. The first-order chi connectivity index (χ1) is 8.83. The first kappa shape index (κ1) is 12.7. The molecular weight excluding hydrogens is 222 g/mol. The number of para-hydroxylation sites is 1. The van der Waals surface area contributed by atoms with Crippen LogP contribution in [0.4, 0.5) is 0 Å². The van der Waals surface area contributed by atoms with Gasteiger partial charge in [0.2, 0.25) is 0 Å². The van der Waals surface area contributed by atoms with Crippen molar-refractivity contribution in [3.05, 3.63) is 59.7 Å². The average molecular weight is 241 g/mol.